The van der Waals surface area contributed by atoms with Crippen LogP contribution in [0.5, 0.6) is 0 Å². The highest BCUT2D eigenvalue weighted by molar-refractivity contribution is 4.97. The summed E-state index contributed by atoms with van der Waals surface area (Å²) >= 11 is 0. The third-order valence-corrected chi connectivity index (χ3v) is 5.78. The fraction of sp³-hybridized carbons (Fsp3) is 1.00. The first kappa shape index (κ1) is 17.2. The average molecular weight is 296 g/mol. The zero-order chi connectivity index (χ0) is 15.3. The first-order valence-corrected chi connectivity index (χ1v) is 9.16. The Morgan fingerprint density at radius 2 is 1.90 bits per heavy atom. The average Bonchev–Trinajstić information content (AvgIpc) is 3.05. The van der Waals surface area contributed by atoms with Crippen LogP contribution in [0, 0.1) is 11.3 Å². The van der Waals surface area contributed by atoms with E-state index in [1.54, 1.807) is 0 Å². The van der Waals surface area contributed by atoms with Crippen LogP contribution < -0.4 is 5.32 Å². The summed E-state index contributed by atoms with van der Waals surface area (Å²) in [5, 5.41) is 13.2. The molecule has 3 nitrogen and oxygen atoms in total. The Balaban J connectivity index is 1.97. The standard InChI is InChI=1S/C18H36N2O/c1-4-11-19-17-15(9-10-18(17,2)3)14-20(12-13-21)16-7-5-6-8-16/h15-17,19,21H,4-14H2,1-3H3. The first-order chi connectivity index (χ1) is 10.1. The van der Waals surface area contributed by atoms with Crippen LogP contribution in [-0.2, 0) is 0 Å². The summed E-state index contributed by atoms with van der Waals surface area (Å²) < 4.78 is 0. The molecule has 0 aliphatic heterocycles. The van der Waals surface area contributed by atoms with Crippen molar-refractivity contribution in [2.24, 2.45) is 11.3 Å². The van der Waals surface area contributed by atoms with Crippen LogP contribution in [0.4, 0.5) is 0 Å². The SMILES string of the molecule is CCCNC1C(CN(CCO)C2CCCC2)CCC1(C)C. The zero-order valence-corrected chi connectivity index (χ0v) is 14.4. The highest BCUT2D eigenvalue weighted by Gasteiger charge is 2.42. The van der Waals surface area contributed by atoms with E-state index in [-0.39, 0.29) is 0 Å². The van der Waals surface area contributed by atoms with Gasteiger partial charge in [0.1, 0.15) is 0 Å². The molecule has 0 spiro atoms. The smallest absolute Gasteiger partial charge is 0.0558 e. The molecule has 2 N–H and O–H groups in total. The topological polar surface area (TPSA) is 35.5 Å². The molecule has 0 saturated heterocycles. The molecule has 21 heavy (non-hydrogen) atoms. The molecule has 124 valence electrons. The summed E-state index contributed by atoms with van der Waals surface area (Å²) in [6, 6.07) is 1.37. The van der Waals surface area contributed by atoms with Crippen molar-refractivity contribution in [2.45, 2.75) is 77.8 Å². The molecule has 2 fully saturated rings. The third-order valence-electron chi connectivity index (χ3n) is 5.78. The molecular weight excluding hydrogens is 260 g/mol. The second-order valence-corrected chi connectivity index (χ2v) is 7.88. The van der Waals surface area contributed by atoms with Crippen LogP contribution >= 0.6 is 0 Å². The van der Waals surface area contributed by atoms with Crippen molar-refractivity contribution < 1.29 is 5.11 Å². The van der Waals surface area contributed by atoms with Crippen molar-refractivity contribution in [3.05, 3.63) is 0 Å². The van der Waals surface area contributed by atoms with Crippen LogP contribution in [0.2, 0.25) is 0 Å². The molecule has 3 heteroatoms. The van der Waals surface area contributed by atoms with Crippen molar-refractivity contribution in [3.8, 4) is 0 Å². The minimum Gasteiger partial charge on any atom is -0.395 e. The van der Waals surface area contributed by atoms with E-state index in [0.717, 1.165) is 25.0 Å². The van der Waals surface area contributed by atoms with E-state index >= 15 is 0 Å². The monoisotopic (exact) mass is 296 g/mol. The number of aliphatic hydroxyl groups is 1. The lowest BCUT2D eigenvalue weighted by Crippen LogP contribution is -2.48. The lowest BCUT2D eigenvalue weighted by atomic mass is 9.84. The Labute approximate surface area is 131 Å². The van der Waals surface area contributed by atoms with Crippen LogP contribution in [0.3, 0.4) is 0 Å². The zero-order valence-electron chi connectivity index (χ0n) is 14.4. The first-order valence-electron chi connectivity index (χ1n) is 9.16. The predicted molar refractivity (Wildman–Crippen MR) is 89.5 cm³/mol. The van der Waals surface area contributed by atoms with Gasteiger partial charge in [-0.2, -0.15) is 0 Å². The van der Waals surface area contributed by atoms with Crippen molar-refractivity contribution in [1.29, 1.82) is 0 Å². The van der Waals surface area contributed by atoms with Gasteiger partial charge in [-0.3, -0.25) is 4.90 Å². The van der Waals surface area contributed by atoms with Gasteiger partial charge in [-0.1, -0.05) is 33.6 Å². The van der Waals surface area contributed by atoms with E-state index in [4.69, 9.17) is 0 Å². The number of rotatable bonds is 8. The number of nitrogens with one attached hydrogen (secondary N) is 1. The highest BCUT2D eigenvalue weighted by Crippen LogP contribution is 2.42. The lowest BCUT2D eigenvalue weighted by Gasteiger charge is -2.36. The van der Waals surface area contributed by atoms with Crippen molar-refractivity contribution in [3.63, 3.8) is 0 Å². The third kappa shape index (κ3) is 4.43. The van der Waals surface area contributed by atoms with E-state index in [1.165, 1.54) is 51.5 Å². The van der Waals surface area contributed by atoms with Gasteiger partial charge in [0, 0.05) is 25.2 Å². The molecule has 2 unspecified atom stereocenters. The highest BCUT2D eigenvalue weighted by atomic mass is 16.3. The van der Waals surface area contributed by atoms with Crippen molar-refractivity contribution in [2.75, 3.05) is 26.2 Å². The predicted octanol–water partition coefficient (Wildman–Crippen LogP) is 3.03. The van der Waals surface area contributed by atoms with Gasteiger partial charge in [0.2, 0.25) is 0 Å². The van der Waals surface area contributed by atoms with Crippen LogP contribution in [-0.4, -0.2) is 48.3 Å². The Morgan fingerprint density at radius 3 is 2.52 bits per heavy atom. The van der Waals surface area contributed by atoms with Gasteiger partial charge < -0.3 is 10.4 Å². The van der Waals surface area contributed by atoms with Crippen LogP contribution in [0.15, 0.2) is 0 Å². The molecule has 2 aliphatic carbocycles. The van der Waals surface area contributed by atoms with E-state index < -0.39 is 0 Å². The van der Waals surface area contributed by atoms with Gasteiger partial charge in [0.15, 0.2) is 0 Å². The van der Waals surface area contributed by atoms with Gasteiger partial charge in [-0.25, -0.2) is 0 Å². The molecule has 2 rings (SSSR count). The molecule has 0 aromatic carbocycles. The molecule has 0 radical (unpaired) electrons. The Hall–Kier alpha value is -0.120. The van der Waals surface area contributed by atoms with E-state index in [1.807, 2.05) is 0 Å². The van der Waals surface area contributed by atoms with Gasteiger partial charge in [-0.15, -0.1) is 0 Å². The van der Waals surface area contributed by atoms with Crippen LogP contribution in [0.25, 0.3) is 0 Å². The summed E-state index contributed by atoms with van der Waals surface area (Å²) in [4.78, 5) is 2.60. The second kappa shape index (κ2) is 7.94. The molecule has 2 atom stereocenters. The maximum absolute atomic E-state index is 9.42. The van der Waals surface area contributed by atoms with Gasteiger partial charge in [-0.05, 0) is 50.0 Å². The van der Waals surface area contributed by atoms with Crippen LogP contribution in [0.1, 0.15) is 65.7 Å². The second-order valence-electron chi connectivity index (χ2n) is 7.88. The number of aliphatic hydroxyl groups excluding tert-OH is 1. The lowest BCUT2D eigenvalue weighted by molar-refractivity contribution is 0.117. The summed E-state index contributed by atoms with van der Waals surface area (Å²) in [6.07, 6.45) is 9.30. The number of hydrogen-bond acceptors (Lipinski definition) is 3. The maximum atomic E-state index is 9.42. The number of nitrogens with zero attached hydrogens (tertiary/aromatic N) is 1. The Bertz CT molecular complexity index is 300. The molecular formula is C18H36N2O. The van der Waals surface area contributed by atoms with E-state index in [2.05, 4.69) is 31.0 Å². The van der Waals surface area contributed by atoms with Crippen molar-refractivity contribution in [1.82, 2.24) is 10.2 Å². The van der Waals surface area contributed by atoms with Gasteiger partial charge in [0.25, 0.3) is 0 Å². The van der Waals surface area contributed by atoms with Crippen molar-refractivity contribution >= 4 is 0 Å². The fourth-order valence-electron chi connectivity index (χ4n) is 4.58. The summed E-state index contributed by atoms with van der Waals surface area (Å²) in [6.45, 7) is 10.6. The van der Waals surface area contributed by atoms with E-state index in [9.17, 15) is 5.11 Å². The van der Waals surface area contributed by atoms with Gasteiger partial charge >= 0.3 is 0 Å². The Kier molecular flexibility index (Phi) is 6.51. The van der Waals surface area contributed by atoms with E-state index in [0.29, 0.717) is 18.1 Å². The largest absolute Gasteiger partial charge is 0.395 e. The molecule has 0 aromatic heterocycles. The Morgan fingerprint density at radius 1 is 1.19 bits per heavy atom. The molecule has 2 saturated carbocycles. The molecule has 0 aromatic rings. The van der Waals surface area contributed by atoms with Gasteiger partial charge in [0.05, 0.1) is 6.61 Å². The molecule has 0 heterocycles. The summed E-state index contributed by atoms with van der Waals surface area (Å²) in [7, 11) is 0. The molecule has 0 amide bonds. The minimum absolute atomic E-state index is 0.305. The minimum atomic E-state index is 0.305. The summed E-state index contributed by atoms with van der Waals surface area (Å²) in [5.41, 5.74) is 0.417. The summed E-state index contributed by atoms with van der Waals surface area (Å²) in [5.74, 6) is 0.749. The molecule has 0 bridgehead atoms. The molecule has 2 aliphatic rings. The normalized spacial score (nSPS) is 29.6. The maximum Gasteiger partial charge on any atom is 0.0558 e. The quantitative estimate of drug-likeness (QED) is 0.723. The number of hydrogen-bond donors (Lipinski definition) is 2. The fourth-order valence-corrected chi connectivity index (χ4v) is 4.58.